The molecule has 0 bridgehead atoms. The van der Waals surface area contributed by atoms with Gasteiger partial charge in [-0.15, -0.1) is 0 Å². The quantitative estimate of drug-likeness (QED) is 0.418. The van der Waals surface area contributed by atoms with Crippen molar-refractivity contribution in [1.29, 1.82) is 0 Å². The van der Waals surface area contributed by atoms with Gasteiger partial charge in [-0.05, 0) is 48.2 Å². The van der Waals surface area contributed by atoms with Crippen LogP contribution < -0.4 is 20.5 Å². The third-order valence-corrected chi connectivity index (χ3v) is 5.60. The average Bonchev–Trinajstić information content (AvgIpc) is 2.83. The van der Waals surface area contributed by atoms with E-state index < -0.39 is 0 Å². The lowest BCUT2D eigenvalue weighted by Crippen LogP contribution is -2.10. The molecule has 3 aromatic carbocycles. The smallest absolute Gasteiger partial charge is 0.162 e. The number of hydrogen-bond acceptors (Lipinski definition) is 6. The number of hydrogen-bond donors (Lipinski definition) is 2. The average molecular weight is 429 g/mol. The zero-order chi connectivity index (χ0) is 22.7. The van der Waals surface area contributed by atoms with Gasteiger partial charge >= 0.3 is 0 Å². The van der Waals surface area contributed by atoms with Crippen LogP contribution in [0.2, 0.25) is 0 Å². The molecule has 1 heterocycles. The Labute approximate surface area is 188 Å². The Morgan fingerprint density at radius 3 is 2.44 bits per heavy atom. The lowest BCUT2D eigenvalue weighted by molar-refractivity contribution is 0.356. The van der Waals surface area contributed by atoms with Crippen molar-refractivity contribution in [2.45, 2.75) is 26.4 Å². The predicted molar refractivity (Wildman–Crippen MR) is 129 cm³/mol. The summed E-state index contributed by atoms with van der Waals surface area (Å²) in [7, 11) is 3.24. The molecule has 164 valence electrons. The van der Waals surface area contributed by atoms with Crippen LogP contribution >= 0.6 is 0 Å². The Balaban J connectivity index is 1.71. The van der Waals surface area contributed by atoms with Gasteiger partial charge in [-0.2, -0.15) is 0 Å². The minimum Gasteiger partial charge on any atom is -0.493 e. The Hall–Kier alpha value is -3.64. The second kappa shape index (κ2) is 9.24. The minimum atomic E-state index is 0.0191. The van der Waals surface area contributed by atoms with Gasteiger partial charge in [0.1, 0.15) is 11.6 Å². The summed E-state index contributed by atoms with van der Waals surface area (Å²) in [6, 6.07) is 20.6. The van der Waals surface area contributed by atoms with Crippen LogP contribution in [-0.2, 0) is 6.54 Å². The van der Waals surface area contributed by atoms with Crippen LogP contribution in [0.15, 0.2) is 60.7 Å². The highest BCUT2D eigenvalue weighted by Crippen LogP contribution is 2.35. The second-order valence-corrected chi connectivity index (χ2v) is 7.70. The highest BCUT2D eigenvalue weighted by atomic mass is 16.5. The molecule has 0 aliphatic rings. The van der Waals surface area contributed by atoms with Crippen LogP contribution in [0.25, 0.3) is 22.0 Å². The number of fused-ring (bicyclic) bond motifs is 1. The first-order chi connectivity index (χ1) is 15.5. The molecule has 0 fully saturated rings. The molecule has 0 spiro atoms. The van der Waals surface area contributed by atoms with Crippen molar-refractivity contribution >= 4 is 16.7 Å². The van der Waals surface area contributed by atoms with Gasteiger partial charge in [0.25, 0.3) is 0 Å². The molecule has 32 heavy (non-hydrogen) atoms. The predicted octanol–water partition coefficient (Wildman–Crippen LogP) is 5.25. The zero-order valence-corrected chi connectivity index (χ0v) is 18.8. The topological polar surface area (TPSA) is 82.3 Å². The van der Waals surface area contributed by atoms with Crippen molar-refractivity contribution in [3.63, 3.8) is 0 Å². The fourth-order valence-corrected chi connectivity index (χ4v) is 3.93. The zero-order valence-electron chi connectivity index (χ0n) is 18.8. The number of nitrogens with one attached hydrogen (secondary N) is 1. The number of aryl methyl sites for hydroxylation is 1. The van der Waals surface area contributed by atoms with Crippen molar-refractivity contribution in [2.24, 2.45) is 5.73 Å². The maximum absolute atomic E-state index is 5.95. The summed E-state index contributed by atoms with van der Waals surface area (Å²) < 4.78 is 10.9. The summed E-state index contributed by atoms with van der Waals surface area (Å²) in [4.78, 5) is 9.25. The van der Waals surface area contributed by atoms with E-state index in [4.69, 9.17) is 15.2 Å². The van der Waals surface area contributed by atoms with Crippen LogP contribution in [0.4, 0.5) is 5.82 Å². The van der Waals surface area contributed by atoms with E-state index in [1.165, 1.54) is 0 Å². The van der Waals surface area contributed by atoms with E-state index in [2.05, 4.69) is 58.6 Å². The molecular formula is C26H28N4O2. The van der Waals surface area contributed by atoms with E-state index in [-0.39, 0.29) is 6.04 Å². The molecule has 0 saturated carbocycles. The third kappa shape index (κ3) is 4.22. The molecule has 0 saturated heterocycles. The SMILES string of the molecule is COc1cc2nc(C)nc(N[C@H](C)c3cccc(-c4ccccc4CN)c3)c2cc1OC. The largest absolute Gasteiger partial charge is 0.493 e. The summed E-state index contributed by atoms with van der Waals surface area (Å²) in [5, 5.41) is 4.45. The standard InChI is InChI=1S/C26H28N4O2/c1-16(18-9-7-10-19(12-18)21-11-6-5-8-20(21)15-27)28-26-22-13-24(31-3)25(32-4)14-23(22)29-17(2)30-26/h5-14,16H,15,27H2,1-4H3,(H,28,29,30)/t16-/m1/s1. The van der Waals surface area contributed by atoms with E-state index in [0.29, 0.717) is 23.9 Å². The van der Waals surface area contributed by atoms with Gasteiger partial charge in [-0.25, -0.2) is 9.97 Å². The molecule has 4 aromatic rings. The summed E-state index contributed by atoms with van der Waals surface area (Å²) in [6.45, 7) is 4.51. The summed E-state index contributed by atoms with van der Waals surface area (Å²) >= 11 is 0. The van der Waals surface area contributed by atoms with Gasteiger partial charge in [0.2, 0.25) is 0 Å². The second-order valence-electron chi connectivity index (χ2n) is 7.70. The van der Waals surface area contributed by atoms with Crippen molar-refractivity contribution in [1.82, 2.24) is 9.97 Å². The maximum atomic E-state index is 5.95. The summed E-state index contributed by atoms with van der Waals surface area (Å²) in [5.41, 5.74) is 11.3. The Morgan fingerprint density at radius 2 is 1.69 bits per heavy atom. The number of methoxy groups -OCH3 is 2. The van der Waals surface area contributed by atoms with Gasteiger partial charge in [-0.3, -0.25) is 0 Å². The minimum absolute atomic E-state index is 0.0191. The van der Waals surface area contributed by atoms with E-state index in [0.717, 1.165) is 39.0 Å². The first-order valence-electron chi connectivity index (χ1n) is 10.6. The van der Waals surface area contributed by atoms with Crippen molar-refractivity contribution in [2.75, 3.05) is 19.5 Å². The molecule has 0 aliphatic heterocycles. The van der Waals surface area contributed by atoms with Crippen LogP contribution in [0.5, 0.6) is 11.5 Å². The van der Waals surface area contributed by atoms with Crippen LogP contribution in [0, 0.1) is 6.92 Å². The van der Waals surface area contributed by atoms with E-state index in [1.807, 2.05) is 31.2 Å². The van der Waals surface area contributed by atoms with Gasteiger partial charge in [-0.1, -0.05) is 42.5 Å². The maximum Gasteiger partial charge on any atom is 0.162 e. The van der Waals surface area contributed by atoms with Crippen LogP contribution in [0.1, 0.15) is 29.9 Å². The molecule has 6 heteroatoms. The lowest BCUT2D eigenvalue weighted by atomic mass is 9.96. The number of aromatic nitrogens is 2. The van der Waals surface area contributed by atoms with E-state index >= 15 is 0 Å². The van der Waals surface area contributed by atoms with Gasteiger partial charge in [0.05, 0.1) is 19.7 Å². The fourth-order valence-electron chi connectivity index (χ4n) is 3.93. The number of nitrogens with two attached hydrogens (primary N) is 1. The number of anilines is 1. The Morgan fingerprint density at radius 1 is 0.938 bits per heavy atom. The molecule has 0 amide bonds. The number of ether oxygens (including phenoxy) is 2. The number of benzene rings is 3. The highest BCUT2D eigenvalue weighted by molar-refractivity contribution is 5.92. The number of rotatable bonds is 7. The van der Waals surface area contributed by atoms with Crippen molar-refractivity contribution in [3.05, 3.63) is 77.6 Å². The first kappa shape index (κ1) is 21.6. The molecule has 3 N–H and O–H groups in total. The van der Waals surface area contributed by atoms with Gasteiger partial charge in [0, 0.05) is 24.0 Å². The molecule has 0 unspecified atom stereocenters. The normalized spacial score (nSPS) is 11.9. The first-order valence-corrected chi connectivity index (χ1v) is 10.6. The summed E-state index contributed by atoms with van der Waals surface area (Å²) in [5.74, 6) is 2.73. The molecule has 0 aliphatic carbocycles. The Bertz CT molecular complexity index is 1260. The molecule has 0 radical (unpaired) electrons. The van der Waals surface area contributed by atoms with Crippen molar-refractivity contribution < 1.29 is 9.47 Å². The van der Waals surface area contributed by atoms with Gasteiger partial charge < -0.3 is 20.5 Å². The Kier molecular flexibility index (Phi) is 6.23. The van der Waals surface area contributed by atoms with E-state index in [1.54, 1.807) is 14.2 Å². The highest BCUT2D eigenvalue weighted by Gasteiger charge is 2.15. The monoisotopic (exact) mass is 428 g/mol. The fraction of sp³-hybridized carbons (Fsp3) is 0.231. The third-order valence-electron chi connectivity index (χ3n) is 5.60. The molecule has 1 aromatic heterocycles. The van der Waals surface area contributed by atoms with Crippen LogP contribution in [-0.4, -0.2) is 24.2 Å². The van der Waals surface area contributed by atoms with E-state index in [9.17, 15) is 0 Å². The van der Waals surface area contributed by atoms with Crippen molar-refractivity contribution in [3.8, 4) is 22.6 Å². The lowest BCUT2D eigenvalue weighted by Gasteiger charge is -2.19. The molecule has 1 atom stereocenters. The number of nitrogens with zero attached hydrogens (tertiary/aromatic N) is 2. The molecule has 4 rings (SSSR count). The molecule has 6 nitrogen and oxygen atoms in total. The molecular weight excluding hydrogens is 400 g/mol. The summed E-state index contributed by atoms with van der Waals surface area (Å²) in [6.07, 6.45) is 0. The van der Waals surface area contributed by atoms with Gasteiger partial charge in [0.15, 0.2) is 11.5 Å². The van der Waals surface area contributed by atoms with Crippen LogP contribution in [0.3, 0.4) is 0 Å².